The van der Waals surface area contributed by atoms with Gasteiger partial charge in [-0.25, -0.2) is 13.8 Å². The van der Waals surface area contributed by atoms with Gasteiger partial charge >= 0.3 is 0 Å². The molecule has 1 amide bonds. The van der Waals surface area contributed by atoms with Crippen molar-refractivity contribution < 1.29 is 18.3 Å². The number of carbonyl (C=O) groups is 1. The molecule has 0 spiro atoms. The van der Waals surface area contributed by atoms with Crippen LogP contribution in [0.1, 0.15) is 21.7 Å². The molecule has 0 aliphatic heterocycles. The number of aromatic nitrogens is 3. The van der Waals surface area contributed by atoms with E-state index >= 15 is 0 Å². The van der Waals surface area contributed by atoms with Crippen LogP contribution in [0.4, 0.5) is 14.5 Å². The number of benzene rings is 2. The van der Waals surface area contributed by atoms with Crippen molar-refractivity contribution in [2.75, 3.05) is 5.32 Å². The molecule has 170 valence electrons. The Labute approximate surface area is 197 Å². The summed E-state index contributed by atoms with van der Waals surface area (Å²) < 4.78 is 35.2. The Morgan fingerprint density at radius 1 is 1.12 bits per heavy atom. The summed E-state index contributed by atoms with van der Waals surface area (Å²) >= 11 is 6.13. The van der Waals surface area contributed by atoms with E-state index in [1.165, 1.54) is 18.2 Å². The number of imidazole rings is 1. The lowest BCUT2D eigenvalue weighted by atomic mass is 10.2. The summed E-state index contributed by atoms with van der Waals surface area (Å²) in [6.45, 7) is 1.37. The molecule has 0 atom stereocenters. The quantitative estimate of drug-likeness (QED) is 0.339. The lowest BCUT2D eigenvalue weighted by Crippen LogP contribution is -2.16. The van der Waals surface area contributed by atoms with Gasteiger partial charge in [-0.1, -0.05) is 17.7 Å². The largest absolute Gasteiger partial charge is 0.485 e. The summed E-state index contributed by atoms with van der Waals surface area (Å²) in [5.74, 6) is -1.50. The fraction of sp³-hybridized carbons (Fsp3) is 0.0800. The maximum Gasteiger partial charge on any atom is 0.274 e. The lowest BCUT2D eigenvalue weighted by Gasteiger charge is -2.11. The second kappa shape index (κ2) is 8.72. The number of ether oxygens (including phenoxy) is 1. The van der Waals surface area contributed by atoms with E-state index in [-0.39, 0.29) is 17.9 Å². The molecule has 0 fully saturated rings. The molecule has 0 aliphatic rings. The topological polar surface area (TPSA) is 68.5 Å². The van der Waals surface area contributed by atoms with Crippen LogP contribution in [0.5, 0.6) is 5.75 Å². The maximum absolute atomic E-state index is 14.0. The van der Waals surface area contributed by atoms with Crippen molar-refractivity contribution in [3.05, 3.63) is 101 Å². The van der Waals surface area contributed by atoms with Crippen molar-refractivity contribution in [2.24, 2.45) is 0 Å². The van der Waals surface area contributed by atoms with Crippen molar-refractivity contribution in [3.63, 3.8) is 0 Å². The van der Waals surface area contributed by atoms with Crippen LogP contribution in [-0.2, 0) is 6.61 Å². The summed E-state index contributed by atoms with van der Waals surface area (Å²) in [5, 5.41) is 4.12. The number of amides is 1. The molecule has 6 nitrogen and oxygen atoms in total. The number of rotatable bonds is 5. The van der Waals surface area contributed by atoms with Crippen molar-refractivity contribution in [1.82, 2.24) is 14.4 Å². The van der Waals surface area contributed by atoms with Crippen molar-refractivity contribution in [1.29, 1.82) is 0 Å². The molecule has 3 heterocycles. The summed E-state index contributed by atoms with van der Waals surface area (Å²) in [4.78, 5) is 22.0. The monoisotopic (exact) mass is 478 g/mol. The Balaban J connectivity index is 1.48. The summed E-state index contributed by atoms with van der Waals surface area (Å²) in [5.41, 5.74) is 2.16. The number of pyridine rings is 2. The minimum Gasteiger partial charge on any atom is -0.485 e. The summed E-state index contributed by atoms with van der Waals surface area (Å²) in [6, 6.07) is 13.8. The first-order chi connectivity index (χ1) is 16.4. The SMILES string of the molecule is Cc1nc2c(OCc3c(F)cccc3F)cccn2c1C(=O)Nc1ccnc2ccc(Cl)cc12. The molecule has 0 unspecified atom stereocenters. The molecule has 0 bridgehead atoms. The molecule has 9 heteroatoms. The Morgan fingerprint density at radius 3 is 2.71 bits per heavy atom. The third-order valence-electron chi connectivity index (χ3n) is 5.39. The van der Waals surface area contributed by atoms with E-state index in [0.29, 0.717) is 38.6 Å². The van der Waals surface area contributed by atoms with Gasteiger partial charge in [-0.15, -0.1) is 0 Å². The first-order valence-corrected chi connectivity index (χ1v) is 10.7. The van der Waals surface area contributed by atoms with Crippen LogP contribution >= 0.6 is 11.6 Å². The smallest absolute Gasteiger partial charge is 0.274 e. The van der Waals surface area contributed by atoms with Crippen LogP contribution in [0, 0.1) is 18.6 Å². The number of nitrogens with zero attached hydrogens (tertiary/aromatic N) is 3. The van der Waals surface area contributed by atoms with E-state index in [1.807, 2.05) is 0 Å². The van der Waals surface area contributed by atoms with E-state index < -0.39 is 17.5 Å². The molecule has 0 radical (unpaired) electrons. The zero-order valence-corrected chi connectivity index (χ0v) is 18.6. The fourth-order valence-electron chi connectivity index (χ4n) is 3.77. The van der Waals surface area contributed by atoms with Gasteiger partial charge in [-0.3, -0.25) is 14.2 Å². The number of carbonyl (C=O) groups excluding carboxylic acids is 1. The maximum atomic E-state index is 14.0. The number of hydrogen-bond acceptors (Lipinski definition) is 4. The lowest BCUT2D eigenvalue weighted by molar-refractivity contribution is 0.102. The number of hydrogen-bond donors (Lipinski definition) is 1. The summed E-state index contributed by atoms with van der Waals surface area (Å²) in [6.07, 6.45) is 3.27. The van der Waals surface area contributed by atoms with Crippen LogP contribution in [0.3, 0.4) is 0 Å². The molecule has 2 aromatic carbocycles. The van der Waals surface area contributed by atoms with Crippen LogP contribution in [0.15, 0.2) is 67.0 Å². The third-order valence-corrected chi connectivity index (χ3v) is 5.62. The zero-order valence-electron chi connectivity index (χ0n) is 17.8. The molecule has 0 saturated heterocycles. The van der Waals surface area contributed by atoms with E-state index in [1.54, 1.807) is 60.1 Å². The van der Waals surface area contributed by atoms with Crippen molar-refractivity contribution in [3.8, 4) is 5.75 Å². The van der Waals surface area contributed by atoms with Gasteiger partial charge in [0.1, 0.15) is 23.9 Å². The molecular weight excluding hydrogens is 462 g/mol. The highest BCUT2D eigenvalue weighted by molar-refractivity contribution is 6.31. The van der Waals surface area contributed by atoms with E-state index in [2.05, 4.69) is 15.3 Å². The molecule has 5 rings (SSSR count). The molecule has 5 aromatic rings. The Hall–Kier alpha value is -4.04. The standard InChI is InChI=1S/C25H17ClF2N4O2/c1-14-23(25(33)31-21-9-10-29-20-8-7-15(26)12-16(20)21)32-11-3-6-22(24(32)30-14)34-13-17-18(27)4-2-5-19(17)28/h2-12H,13H2,1H3,(H,29,31,33). The minimum absolute atomic E-state index is 0.186. The second-order valence-electron chi connectivity index (χ2n) is 7.57. The van der Waals surface area contributed by atoms with Crippen molar-refractivity contribution in [2.45, 2.75) is 13.5 Å². The van der Waals surface area contributed by atoms with Crippen molar-refractivity contribution >= 4 is 39.7 Å². The van der Waals surface area contributed by atoms with Crippen LogP contribution in [-0.4, -0.2) is 20.3 Å². The molecule has 3 aromatic heterocycles. The number of halogens is 3. The number of anilines is 1. The Bertz CT molecular complexity index is 1550. The first kappa shape index (κ1) is 21.8. The third kappa shape index (κ3) is 3.92. The Kier molecular flexibility index (Phi) is 5.59. The highest BCUT2D eigenvalue weighted by Crippen LogP contribution is 2.27. The van der Waals surface area contributed by atoms with Crippen LogP contribution < -0.4 is 10.1 Å². The normalized spacial score (nSPS) is 11.2. The van der Waals surface area contributed by atoms with Gasteiger partial charge in [0.05, 0.1) is 22.5 Å². The number of fused-ring (bicyclic) bond motifs is 2. The van der Waals surface area contributed by atoms with Gasteiger partial charge in [-0.2, -0.15) is 0 Å². The van der Waals surface area contributed by atoms with Crippen LogP contribution in [0.2, 0.25) is 5.02 Å². The minimum atomic E-state index is -0.698. The fourth-order valence-corrected chi connectivity index (χ4v) is 3.94. The first-order valence-electron chi connectivity index (χ1n) is 10.3. The van der Waals surface area contributed by atoms with E-state index in [0.717, 1.165) is 0 Å². The van der Waals surface area contributed by atoms with E-state index in [9.17, 15) is 13.6 Å². The van der Waals surface area contributed by atoms with Gasteiger partial charge in [0, 0.05) is 22.8 Å². The van der Waals surface area contributed by atoms with E-state index in [4.69, 9.17) is 16.3 Å². The van der Waals surface area contributed by atoms with Gasteiger partial charge in [0.15, 0.2) is 11.4 Å². The summed E-state index contributed by atoms with van der Waals surface area (Å²) in [7, 11) is 0. The zero-order chi connectivity index (χ0) is 23.8. The van der Waals surface area contributed by atoms with Gasteiger partial charge in [-0.05, 0) is 55.5 Å². The van der Waals surface area contributed by atoms with Gasteiger partial charge in [0.2, 0.25) is 0 Å². The van der Waals surface area contributed by atoms with Crippen LogP contribution in [0.25, 0.3) is 16.6 Å². The predicted molar refractivity (Wildman–Crippen MR) is 125 cm³/mol. The average Bonchev–Trinajstić information content (AvgIpc) is 3.15. The number of aryl methyl sites for hydroxylation is 1. The Morgan fingerprint density at radius 2 is 1.91 bits per heavy atom. The van der Waals surface area contributed by atoms with Gasteiger partial charge in [0.25, 0.3) is 5.91 Å². The molecule has 1 N–H and O–H groups in total. The average molecular weight is 479 g/mol. The molecule has 0 aliphatic carbocycles. The molecule has 34 heavy (non-hydrogen) atoms. The van der Waals surface area contributed by atoms with Gasteiger partial charge < -0.3 is 10.1 Å². The number of nitrogens with one attached hydrogen (secondary N) is 1. The molecular formula is C25H17ClF2N4O2. The molecule has 0 saturated carbocycles. The predicted octanol–water partition coefficient (Wildman–Crippen LogP) is 5.95. The highest BCUT2D eigenvalue weighted by atomic mass is 35.5. The second-order valence-corrected chi connectivity index (χ2v) is 8.01. The highest BCUT2D eigenvalue weighted by Gasteiger charge is 2.20.